The van der Waals surface area contributed by atoms with Gasteiger partial charge in [-0.05, 0) is 79.4 Å². The van der Waals surface area contributed by atoms with E-state index in [-0.39, 0.29) is 17.4 Å². The van der Waals surface area contributed by atoms with E-state index < -0.39 is 33.8 Å². The lowest BCUT2D eigenvalue weighted by Crippen LogP contribution is -2.46. The molecule has 32 heavy (non-hydrogen) atoms. The molecule has 2 aliphatic rings. The van der Waals surface area contributed by atoms with Crippen molar-refractivity contribution in [2.75, 3.05) is 26.2 Å². The Balaban J connectivity index is 1.81. The standard InChI is InChI=1S/C21H30BrN4O5S/c1-14(21(23)28)2-5-20(27)26(15-6-9-25-13-15)32(29,30)17-3-4-19(18(22)12-17)31-16-7-10-24-11-8-16/h3-5,12,14-16,24-25H,2,6-11,13H2,1H3,(H2,23,28)/t14-,15+/m0/s1. The van der Waals surface area contributed by atoms with Crippen LogP contribution < -0.4 is 21.1 Å². The normalized spacial score (nSPS) is 20.6. The van der Waals surface area contributed by atoms with Gasteiger partial charge >= 0.3 is 0 Å². The number of carbonyl (C=O) groups is 2. The summed E-state index contributed by atoms with van der Waals surface area (Å²) in [5.41, 5.74) is 5.26. The molecular weight excluding hydrogens is 500 g/mol. The number of hydrogen-bond donors (Lipinski definition) is 3. The summed E-state index contributed by atoms with van der Waals surface area (Å²) in [7, 11) is -4.12. The number of ether oxygens (including phenoxy) is 1. The third-order valence-electron chi connectivity index (χ3n) is 5.75. The third-order valence-corrected chi connectivity index (χ3v) is 8.22. The van der Waals surface area contributed by atoms with Gasteiger partial charge < -0.3 is 21.1 Å². The zero-order valence-corrected chi connectivity index (χ0v) is 20.5. The molecule has 1 radical (unpaired) electrons. The quantitative estimate of drug-likeness (QED) is 0.437. The SMILES string of the molecule is C[C@@H](C[CH]C(=O)N([C@@H]1CCNC1)S(=O)(=O)c1ccc(OC2CCNCC2)c(Br)c1)C(N)=O. The number of rotatable bonds is 9. The molecule has 2 saturated heterocycles. The molecule has 0 bridgehead atoms. The first-order valence-corrected chi connectivity index (χ1v) is 13.0. The van der Waals surface area contributed by atoms with Gasteiger partial charge in [-0.2, -0.15) is 0 Å². The molecule has 0 aliphatic carbocycles. The van der Waals surface area contributed by atoms with E-state index >= 15 is 0 Å². The van der Waals surface area contributed by atoms with E-state index in [1.165, 1.54) is 18.6 Å². The highest BCUT2D eigenvalue weighted by Gasteiger charge is 2.37. The minimum atomic E-state index is -4.12. The van der Waals surface area contributed by atoms with Crippen LogP contribution in [0, 0.1) is 12.3 Å². The second kappa shape index (κ2) is 11.0. The van der Waals surface area contributed by atoms with Crippen molar-refractivity contribution in [1.29, 1.82) is 0 Å². The highest BCUT2D eigenvalue weighted by Crippen LogP contribution is 2.32. The Morgan fingerprint density at radius 3 is 2.53 bits per heavy atom. The first kappa shape index (κ1) is 24.9. The van der Waals surface area contributed by atoms with Crippen molar-refractivity contribution >= 4 is 37.8 Å². The van der Waals surface area contributed by atoms with Crippen molar-refractivity contribution < 1.29 is 22.7 Å². The molecule has 2 heterocycles. The van der Waals surface area contributed by atoms with Crippen molar-refractivity contribution in [1.82, 2.24) is 14.9 Å². The van der Waals surface area contributed by atoms with Gasteiger partial charge in [-0.25, -0.2) is 12.7 Å². The lowest BCUT2D eigenvalue weighted by molar-refractivity contribution is -0.124. The van der Waals surface area contributed by atoms with Gasteiger partial charge in [-0.15, -0.1) is 0 Å². The molecule has 0 saturated carbocycles. The molecule has 2 aliphatic heterocycles. The van der Waals surface area contributed by atoms with E-state index in [0.717, 1.165) is 30.2 Å². The number of hydrogen-bond acceptors (Lipinski definition) is 7. The number of nitrogens with zero attached hydrogens (tertiary/aromatic N) is 1. The number of piperidine rings is 1. The number of nitrogens with two attached hydrogens (primary N) is 1. The lowest BCUT2D eigenvalue weighted by atomic mass is 10.0. The van der Waals surface area contributed by atoms with Gasteiger partial charge in [0, 0.05) is 12.5 Å². The average Bonchev–Trinajstić information content (AvgIpc) is 3.28. The van der Waals surface area contributed by atoms with Crippen LogP contribution in [-0.2, 0) is 19.6 Å². The molecule has 9 nitrogen and oxygen atoms in total. The maximum Gasteiger partial charge on any atom is 0.266 e. The minimum absolute atomic E-state index is 0.00126. The molecule has 11 heteroatoms. The molecule has 1 aromatic carbocycles. The molecule has 3 rings (SSSR count). The van der Waals surface area contributed by atoms with Crippen molar-refractivity contribution in [3.63, 3.8) is 0 Å². The van der Waals surface area contributed by atoms with Crippen molar-refractivity contribution in [2.45, 2.75) is 49.6 Å². The largest absolute Gasteiger partial charge is 0.489 e. The Morgan fingerprint density at radius 2 is 1.94 bits per heavy atom. The smallest absolute Gasteiger partial charge is 0.266 e. The number of amides is 2. The number of halogens is 1. The second-order valence-corrected chi connectivity index (χ2v) is 10.9. The summed E-state index contributed by atoms with van der Waals surface area (Å²) >= 11 is 3.42. The summed E-state index contributed by atoms with van der Waals surface area (Å²) in [4.78, 5) is 24.3. The van der Waals surface area contributed by atoms with Crippen LogP contribution in [0.25, 0.3) is 0 Å². The predicted octanol–water partition coefficient (Wildman–Crippen LogP) is 1.17. The monoisotopic (exact) mass is 529 g/mol. The zero-order chi connectivity index (χ0) is 23.3. The van der Waals surface area contributed by atoms with Gasteiger partial charge in [-0.3, -0.25) is 9.59 Å². The fourth-order valence-electron chi connectivity index (χ4n) is 3.76. The molecule has 4 N–H and O–H groups in total. The molecule has 0 aromatic heterocycles. The maximum atomic E-state index is 13.5. The fraction of sp³-hybridized carbons (Fsp3) is 0.571. The molecule has 0 spiro atoms. The Kier molecular flexibility index (Phi) is 8.54. The number of carbonyl (C=O) groups excluding carboxylic acids is 2. The first-order chi connectivity index (χ1) is 15.2. The minimum Gasteiger partial charge on any atom is -0.489 e. The molecule has 2 amide bonds. The summed E-state index contributed by atoms with van der Waals surface area (Å²) in [6, 6.07) is 4.05. The van der Waals surface area contributed by atoms with E-state index in [1.54, 1.807) is 13.0 Å². The first-order valence-electron chi connectivity index (χ1n) is 10.8. The van der Waals surface area contributed by atoms with E-state index in [4.69, 9.17) is 10.5 Å². The van der Waals surface area contributed by atoms with Gasteiger partial charge in [0.15, 0.2) is 0 Å². The Hall–Kier alpha value is -1.69. The van der Waals surface area contributed by atoms with Gasteiger partial charge in [0.05, 0.1) is 21.8 Å². The van der Waals surface area contributed by atoms with Crippen LogP contribution in [0.1, 0.15) is 32.6 Å². The topological polar surface area (TPSA) is 131 Å². The van der Waals surface area contributed by atoms with Crippen LogP contribution in [0.4, 0.5) is 0 Å². The number of sulfonamides is 1. The summed E-state index contributed by atoms with van der Waals surface area (Å²) in [5.74, 6) is -1.19. The van der Waals surface area contributed by atoms with Crippen LogP contribution in [0.5, 0.6) is 5.75 Å². The highest BCUT2D eigenvalue weighted by atomic mass is 79.9. The van der Waals surface area contributed by atoms with Gasteiger partial charge in [0.25, 0.3) is 10.0 Å². The molecule has 0 unspecified atom stereocenters. The second-order valence-electron chi connectivity index (χ2n) is 8.19. The number of primary amides is 1. The molecule has 2 fully saturated rings. The van der Waals surface area contributed by atoms with E-state index in [0.29, 0.717) is 29.7 Å². The molecule has 177 valence electrons. The summed E-state index contributed by atoms with van der Waals surface area (Å²) in [6.45, 7) is 4.36. The summed E-state index contributed by atoms with van der Waals surface area (Å²) in [5, 5.41) is 6.37. The van der Waals surface area contributed by atoms with Crippen LogP contribution in [0.2, 0.25) is 0 Å². The maximum absolute atomic E-state index is 13.5. The zero-order valence-electron chi connectivity index (χ0n) is 18.1. The summed E-state index contributed by atoms with van der Waals surface area (Å²) < 4.78 is 34.4. The highest BCUT2D eigenvalue weighted by molar-refractivity contribution is 9.10. The van der Waals surface area contributed by atoms with Gasteiger partial charge in [0.2, 0.25) is 11.8 Å². The Labute approximate surface area is 197 Å². The molecular formula is C21H30BrN4O5S. The van der Waals surface area contributed by atoms with Crippen LogP contribution in [-0.4, -0.2) is 62.9 Å². The van der Waals surface area contributed by atoms with E-state index in [1.807, 2.05) is 0 Å². The van der Waals surface area contributed by atoms with Crippen molar-refractivity contribution in [2.24, 2.45) is 11.7 Å². The summed E-state index contributed by atoms with van der Waals surface area (Å²) in [6.07, 6.45) is 3.65. The number of benzene rings is 1. The number of nitrogens with one attached hydrogen (secondary N) is 2. The van der Waals surface area contributed by atoms with Crippen molar-refractivity contribution in [3.05, 3.63) is 29.1 Å². The van der Waals surface area contributed by atoms with Gasteiger partial charge in [0.1, 0.15) is 11.9 Å². The third kappa shape index (κ3) is 6.00. The average molecular weight is 530 g/mol. The van der Waals surface area contributed by atoms with Crippen molar-refractivity contribution in [3.8, 4) is 5.75 Å². The lowest BCUT2D eigenvalue weighted by Gasteiger charge is -2.28. The van der Waals surface area contributed by atoms with Crippen LogP contribution in [0.3, 0.4) is 0 Å². The van der Waals surface area contributed by atoms with E-state index in [2.05, 4.69) is 26.6 Å². The predicted molar refractivity (Wildman–Crippen MR) is 123 cm³/mol. The van der Waals surface area contributed by atoms with E-state index in [9.17, 15) is 18.0 Å². The fourth-order valence-corrected chi connectivity index (χ4v) is 6.00. The Morgan fingerprint density at radius 1 is 1.25 bits per heavy atom. The van der Waals surface area contributed by atoms with Gasteiger partial charge in [-0.1, -0.05) is 6.92 Å². The molecule has 1 aromatic rings. The molecule has 2 atom stereocenters. The van der Waals surface area contributed by atoms with Crippen LogP contribution >= 0.6 is 15.9 Å². The van der Waals surface area contributed by atoms with Crippen LogP contribution in [0.15, 0.2) is 27.6 Å². The Bertz CT molecular complexity index is 930.